The lowest BCUT2D eigenvalue weighted by molar-refractivity contribution is -0.116. The van der Waals surface area contributed by atoms with Crippen LogP contribution in [0, 0.1) is 0 Å². The number of hydrogen-bond acceptors (Lipinski definition) is 7. The Morgan fingerprint density at radius 2 is 2.07 bits per heavy atom. The molecule has 0 fully saturated rings. The summed E-state index contributed by atoms with van der Waals surface area (Å²) in [4.78, 5) is 32.0. The van der Waals surface area contributed by atoms with E-state index >= 15 is 0 Å². The Hall–Kier alpha value is -2.52. The molecule has 9 heteroatoms. The molecule has 0 unspecified atom stereocenters. The molecule has 28 heavy (non-hydrogen) atoms. The van der Waals surface area contributed by atoms with Crippen LogP contribution in [0.5, 0.6) is 11.5 Å². The summed E-state index contributed by atoms with van der Waals surface area (Å²) in [6, 6.07) is 6.98. The summed E-state index contributed by atoms with van der Waals surface area (Å²) >= 11 is 2.85. The predicted molar refractivity (Wildman–Crippen MR) is 113 cm³/mol. The monoisotopic (exact) mass is 419 g/mol. The lowest BCUT2D eigenvalue weighted by atomic mass is 10.2. The molecular formula is C19H21N3O4S2. The number of nitrogens with zero attached hydrogens (tertiary/aromatic N) is 2. The van der Waals surface area contributed by atoms with Crippen molar-refractivity contribution in [2.45, 2.75) is 25.0 Å². The first kappa shape index (κ1) is 20.2. The van der Waals surface area contributed by atoms with E-state index in [0.717, 1.165) is 11.3 Å². The molecule has 3 aromatic rings. The van der Waals surface area contributed by atoms with Gasteiger partial charge in [0.25, 0.3) is 5.56 Å². The van der Waals surface area contributed by atoms with Crippen LogP contribution in [0.25, 0.3) is 10.2 Å². The van der Waals surface area contributed by atoms with E-state index in [0.29, 0.717) is 32.6 Å². The Morgan fingerprint density at radius 1 is 1.29 bits per heavy atom. The topological polar surface area (TPSA) is 82.5 Å². The second-order valence-corrected chi connectivity index (χ2v) is 7.78. The van der Waals surface area contributed by atoms with Crippen molar-refractivity contribution in [1.29, 1.82) is 0 Å². The van der Waals surface area contributed by atoms with Crippen LogP contribution < -0.4 is 20.3 Å². The maximum atomic E-state index is 12.9. The van der Waals surface area contributed by atoms with Gasteiger partial charge in [-0.15, -0.1) is 11.3 Å². The number of aromatic nitrogens is 2. The molecular weight excluding hydrogens is 398 g/mol. The number of hydrogen-bond donors (Lipinski definition) is 1. The number of ether oxygens (including phenoxy) is 2. The Labute approximate surface area is 170 Å². The highest BCUT2D eigenvalue weighted by Gasteiger charge is 2.17. The van der Waals surface area contributed by atoms with Gasteiger partial charge in [0, 0.05) is 10.9 Å². The summed E-state index contributed by atoms with van der Waals surface area (Å²) in [6.07, 6.45) is 2.67. The lowest BCUT2D eigenvalue weighted by Gasteiger charge is -2.13. The van der Waals surface area contributed by atoms with Gasteiger partial charge < -0.3 is 14.8 Å². The fourth-order valence-electron chi connectivity index (χ4n) is 2.76. The zero-order chi connectivity index (χ0) is 20.3. The number of amides is 1. The van der Waals surface area contributed by atoms with Crippen LogP contribution in [0.4, 0.5) is 5.69 Å². The van der Waals surface area contributed by atoms with Crippen LogP contribution in [0.3, 0.4) is 0 Å². The number of thioether (sulfide) groups is 1. The molecule has 2 aromatic heterocycles. The van der Waals surface area contributed by atoms with Crippen LogP contribution in [-0.2, 0) is 17.8 Å². The summed E-state index contributed by atoms with van der Waals surface area (Å²) in [5.74, 6) is 0.744. The predicted octanol–water partition coefficient (Wildman–Crippen LogP) is 3.40. The maximum absolute atomic E-state index is 12.9. The fraction of sp³-hybridized carbons (Fsp3) is 0.316. The van der Waals surface area contributed by atoms with Crippen molar-refractivity contribution >= 4 is 44.9 Å². The van der Waals surface area contributed by atoms with Gasteiger partial charge >= 0.3 is 0 Å². The van der Waals surface area contributed by atoms with E-state index in [4.69, 9.17) is 9.47 Å². The van der Waals surface area contributed by atoms with E-state index in [9.17, 15) is 9.59 Å². The van der Waals surface area contributed by atoms with Crippen molar-refractivity contribution in [2.75, 3.05) is 25.8 Å². The van der Waals surface area contributed by atoms with E-state index in [1.165, 1.54) is 34.8 Å². The molecule has 1 N–H and O–H groups in total. The minimum Gasteiger partial charge on any atom is -0.497 e. The number of thiophene rings is 1. The third-order valence-electron chi connectivity index (χ3n) is 4.18. The summed E-state index contributed by atoms with van der Waals surface area (Å²) in [5, 5.41) is 3.85. The number of carbonyl (C=O) groups is 1. The molecule has 1 aromatic carbocycles. The first-order valence-corrected chi connectivity index (χ1v) is 10.6. The highest BCUT2D eigenvalue weighted by molar-refractivity contribution is 7.98. The first-order valence-electron chi connectivity index (χ1n) is 8.59. The highest BCUT2D eigenvalue weighted by atomic mass is 32.2. The molecule has 148 valence electrons. The summed E-state index contributed by atoms with van der Waals surface area (Å²) in [7, 11) is 3.07. The van der Waals surface area contributed by atoms with Crippen molar-refractivity contribution in [2.24, 2.45) is 0 Å². The Morgan fingerprint density at radius 3 is 2.71 bits per heavy atom. The van der Waals surface area contributed by atoms with Gasteiger partial charge in [0.05, 0.1) is 25.3 Å². The van der Waals surface area contributed by atoms with Crippen LogP contribution in [0.15, 0.2) is 34.2 Å². The fourth-order valence-corrected chi connectivity index (χ4v) is 4.33. The molecule has 0 aliphatic carbocycles. The van der Waals surface area contributed by atoms with Crippen molar-refractivity contribution in [3.63, 3.8) is 0 Å². The molecule has 0 radical (unpaired) electrons. The van der Waals surface area contributed by atoms with E-state index in [-0.39, 0.29) is 18.0 Å². The molecule has 7 nitrogen and oxygen atoms in total. The molecule has 0 aliphatic rings. The van der Waals surface area contributed by atoms with Crippen LogP contribution in [-0.4, -0.2) is 35.9 Å². The highest BCUT2D eigenvalue weighted by Crippen LogP contribution is 2.29. The van der Waals surface area contributed by atoms with Crippen LogP contribution >= 0.6 is 23.1 Å². The summed E-state index contributed by atoms with van der Waals surface area (Å²) in [6.45, 7) is 1.89. The van der Waals surface area contributed by atoms with Gasteiger partial charge in [-0.25, -0.2) is 4.98 Å². The number of carbonyl (C=O) groups excluding carboxylic acids is 1. The second-order valence-electron chi connectivity index (χ2n) is 5.89. The van der Waals surface area contributed by atoms with Crippen molar-refractivity contribution < 1.29 is 14.3 Å². The van der Waals surface area contributed by atoms with Gasteiger partial charge in [-0.3, -0.25) is 14.2 Å². The molecule has 1 amide bonds. The lowest BCUT2D eigenvalue weighted by Crippen LogP contribution is -2.29. The molecule has 0 saturated carbocycles. The number of fused-ring (bicyclic) bond motifs is 1. The second kappa shape index (κ2) is 8.66. The number of benzene rings is 1. The minimum atomic E-state index is -0.351. The van der Waals surface area contributed by atoms with Crippen LogP contribution in [0.1, 0.15) is 11.8 Å². The molecule has 0 atom stereocenters. The van der Waals surface area contributed by atoms with E-state index in [2.05, 4.69) is 10.3 Å². The van der Waals surface area contributed by atoms with Crippen molar-refractivity contribution in [3.8, 4) is 11.5 Å². The molecule has 0 bridgehead atoms. The van der Waals surface area contributed by atoms with Gasteiger partial charge in [0.2, 0.25) is 5.91 Å². The number of aryl methyl sites for hydroxylation is 1. The molecule has 0 spiro atoms. The number of rotatable bonds is 7. The number of methoxy groups -OCH3 is 2. The third kappa shape index (κ3) is 4.00. The smallest absolute Gasteiger partial charge is 0.263 e. The molecule has 0 aliphatic heterocycles. The number of nitrogens with one attached hydrogen (secondary N) is 1. The molecule has 0 saturated heterocycles. The third-order valence-corrected chi connectivity index (χ3v) is 6.03. The van der Waals surface area contributed by atoms with Gasteiger partial charge in [-0.2, -0.15) is 0 Å². The SMILES string of the molecule is CCc1cc2c(=O)n(CC(=O)Nc3cc(OC)ccc3OC)c(SC)nc2s1. The maximum Gasteiger partial charge on any atom is 0.263 e. The summed E-state index contributed by atoms with van der Waals surface area (Å²) < 4.78 is 11.9. The standard InChI is InChI=1S/C19H21N3O4S2/c1-5-12-9-13-17(28-12)21-19(27-4)22(18(13)24)10-16(23)20-14-8-11(25-2)6-7-15(14)26-3/h6-9H,5,10H2,1-4H3,(H,20,23). The zero-order valence-electron chi connectivity index (χ0n) is 16.1. The average molecular weight is 420 g/mol. The van der Waals surface area contributed by atoms with Gasteiger partial charge in [-0.05, 0) is 30.9 Å². The Kier molecular flexibility index (Phi) is 6.25. The molecule has 2 heterocycles. The van der Waals surface area contributed by atoms with E-state index in [1.807, 2.05) is 19.2 Å². The first-order chi connectivity index (χ1) is 13.5. The van der Waals surface area contributed by atoms with Crippen molar-refractivity contribution in [3.05, 3.63) is 39.5 Å². The average Bonchev–Trinajstić information content (AvgIpc) is 3.13. The quantitative estimate of drug-likeness (QED) is 0.467. The molecule has 3 rings (SSSR count). The summed E-state index contributed by atoms with van der Waals surface area (Å²) in [5.41, 5.74) is 0.265. The van der Waals surface area contributed by atoms with Crippen molar-refractivity contribution in [1.82, 2.24) is 9.55 Å². The normalized spacial score (nSPS) is 10.9. The van der Waals surface area contributed by atoms with E-state index < -0.39 is 0 Å². The van der Waals surface area contributed by atoms with Crippen LogP contribution in [0.2, 0.25) is 0 Å². The van der Waals surface area contributed by atoms with Gasteiger partial charge in [0.1, 0.15) is 22.9 Å². The Balaban J connectivity index is 1.93. The van der Waals surface area contributed by atoms with Gasteiger partial charge in [-0.1, -0.05) is 18.7 Å². The van der Waals surface area contributed by atoms with Gasteiger partial charge in [0.15, 0.2) is 5.16 Å². The van der Waals surface area contributed by atoms with E-state index in [1.54, 1.807) is 25.3 Å². The Bertz CT molecular complexity index is 1070. The zero-order valence-corrected chi connectivity index (χ0v) is 17.7. The number of anilines is 1. The minimum absolute atomic E-state index is 0.143. The largest absolute Gasteiger partial charge is 0.497 e.